The highest BCUT2D eigenvalue weighted by atomic mass is 16.5. The molecular formula is C29H42O8. The molecule has 3 saturated carbocycles. The molecule has 3 fully saturated rings. The number of ether oxygens (including phenoxy) is 2. The molecule has 206 valence electrons. The predicted molar refractivity (Wildman–Crippen MR) is 134 cm³/mol. The maximum absolute atomic E-state index is 13.3. The highest BCUT2D eigenvalue weighted by Gasteiger charge is 2.68. The topological polar surface area (TPSA) is 127 Å². The summed E-state index contributed by atoms with van der Waals surface area (Å²) in [7, 11) is 1.34. The second-order valence-corrected chi connectivity index (χ2v) is 12.2. The summed E-state index contributed by atoms with van der Waals surface area (Å²) in [6.45, 7) is 3.62. The molecule has 0 aromatic heterocycles. The van der Waals surface area contributed by atoms with Crippen LogP contribution in [0.5, 0.6) is 0 Å². The van der Waals surface area contributed by atoms with E-state index in [0.29, 0.717) is 51.4 Å². The molecule has 0 saturated heterocycles. The van der Waals surface area contributed by atoms with Crippen molar-refractivity contribution in [1.82, 2.24) is 0 Å². The highest BCUT2D eigenvalue weighted by molar-refractivity contribution is 5.92. The molecule has 8 nitrogen and oxygen atoms in total. The molecule has 0 radical (unpaired) electrons. The van der Waals surface area contributed by atoms with Crippen LogP contribution in [0.25, 0.3) is 0 Å². The van der Waals surface area contributed by atoms with Gasteiger partial charge in [-0.1, -0.05) is 25.8 Å². The molecule has 7 atom stereocenters. The summed E-state index contributed by atoms with van der Waals surface area (Å²) in [6, 6.07) is 0. The summed E-state index contributed by atoms with van der Waals surface area (Å²) in [5.41, 5.74) is -1.53. The fourth-order valence-corrected chi connectivity index (χ4v) is 8.31. The summed E-state index contributed by atoms with van der Waals surface area (Å²) in [6.07, 6.45) is 7.58. The first kappa shape index (κ1) is 28.0. The van der Waals surface area contributed by atoms with Crippen molar-refractivity contribution < 1.29 is 38.9 Å². The number of rotatable bonds is 9. The Morgan fingerprint density at radius 3 is 2.43 bits per heavy atom. The Morgan fingerprint density at radius 1 is 1.03 bits per heavy atom. The molecule has 2 N–H and O–H groups in total. The molecule has 0 aliphatic heterocycles. The molecule has 0 spiro atoms. The highest BCUT2D eigenvalue weighted by Crippen LogP contribution is 2.67. The molecule has 37 heavy (non-hydrogen) atoms. The van der Waals surface area contributed by atoms with E-state index >= 15 is 0 Å². The average molecular weight is 519 g/mol. The van der Waals surface area contributed by atoms with Crippen molar-refractivity contribution in [2.45, 2.75) is 103 Å². The lowest BCUT2D eigenvalue weighted by molar-refractivity contribution is -0.184. The van der Waals surface area contributed by atoms with Crippen LogP contribution in [-0.4, -0.2) is 59.1 Å². The Labute approximate surface area is 219 Å². The second kappa shape index (κ2) is 10.6. The average Bonchev–Trinajstić information content (AvgIpc) is 3.13. The number of ketones is 2. The number of aliphatic hydroxyl groups is 2. The van der Waals surface area contributed by atoms with Crippen LogP contribution in [0, 0.1) is 28.6 Å². The summed E-state index contributed by atoms with van der Waals surface area (Å²) >= 11 is 0. The zero-order valence-electron chi connectivity index (χ0n) is 22.4. The first-order valence-corrected chi connectivity index (χ1v) is 13.9. The van der Waals surface area contributed by atoms with Crippen LogP contribution in [0.4, 0.5) is 0 Å². The van der Waals surface area contributed by atoms with Gasteiger partial charge in [-0.2, -0.15) is 0 Å². The van der Waals surface area contributed by atoms with Crippen molar-refractivity contribution in [3.8, 4) is 0 Å². The van der Waals surface area contributed by atoms with Crippen molar-refractivity contribution in [2.24, 2.45) is 28.6 Å². The Bertz CT molecular complexity index is 971. The number of aliphatic hydroxyl groups excluding tert-OH is 1. The van der Waals surface area contributed by atoms with Gasteiger partial charge < -0.3 is 19.7 Å². The maximum atomic E-state index is 13.3. The standard InChI is InChI=1S/C29H42O8/c1-27-13-11-19(30)15-18(27)9-10-20-21-12-14-29(35,28(21,2)16-22(31)26(20)27)23(32)17-37-25(34)8-6-4-5-7-24(33)36-3/h15,20-22,26,31,35H,4-14,16-17H2,1-3H3/t20-,21-,22-,26+,27-,28-,29-/m0/s1. The maximum Gasteiger partial charge on any atom is 0.306 e. The minimum Gasteiger partial charge on any atom is -0.469 e. The number of Topliss-reactive ketones (excluding diaryl/α,β-unsaturated/α-hetero) is 1. The molecule has 0 bridgehead atoms. The minimum absolute atomic E-state index is 0.00753. The summed E-state index contributed by atoms with van der Waals surface area (Å²) in [4.78, 5) is 48.7. The third kappa shape index (κ3) is 4.91. The van der Waals surface area contributed by atoms with Gasteiger partial charge in [0.25, 0.3) is 0 Å². The largest absolute Gasteiger partial charge is 0.469 e. The van der Waals surface area contributed by atoms with Gasteiger partial charge in [0, 0.05) is 24.7 Å². The molecule has 4 aliphatic rings. The first-order valence-electron chi connectivity index (χ1n) is 13.9. The Balaban J connectivity index is 1.38. The van der Waals surface area contributed by atoms with Crippen molar-refractivity contribution in [2.75, 3.05) is 13.7 Å². The van der Waals surface area contributed by atoms with Gasteiger partial charge in [-0.25, -0.2) is 0 Å². The van der Waals surface area contributed by atoms with E-state index in [1.165, 1.54) is 7.11 Å². The van der Waals surface area contributed by atoms with E-state index in [1.807, 2.05) is 6.92 Å². The molecule has 0 amide bonds. The third-order valence-corrected chi connectivity index (χ3v) is 10.4. The minimum atomic E-state index is -1.65. The fraction of sp³-hybridized carbons (Fsp3) is 0.793. The lowest BCUT2D eigenvalue weighted by Gasteiger charge is -2.60. The van der Waals surface area contributed by atoms with E-state index in [-0.39, 0.29) is 41.3 Å². The molecule has 0 heterocycles. The number of hydrogen-bond acceptors (Lipinski definition) is 8. The predicted octanol–water partition coefficient (Wildman–Crippen LogP) is 3.46. The number of esters is 2. The van der Waals surface area contributed by atoms with Crippen molar-refractivity contribution in [3.63, 3.8) is 0 Å². The lowest BCUT2D eigenvalue weighted by Crippen LogP contribution is -2.62. The van der Waals surface area contributed by atoms with Crippen molar-refractivity contribution in [3.05, 3.63) is 11.6 Å². The van der Waals surface area contributed by atoms with Gasteiger partial charge in [0.05, 0.1) is 13.2 Å². The molecule has 4 rings (SSSR count). The van der Waals surface area contributed by atoms with Gasteiger partial charge in [0.15, 0.2) is 12.4 Å². The van der Waals surface area contributed by atoms with Crippen LogP contribution in [0.1, 0.15) is 90.9 Å². The number of carbonyl (C=O) groups excluding carboxylic acids is 4. The van der Waals surface area contributed by atoms with E-state index in [9.17, 15) is 29.4 Å². The first-order chi connectivity index (χ1) is 17.5. The number of hydrogen-bond donors (Lipinski definition) is 2. The van der Waals surface area contributed by atoms with Gasteiger partial charge in [-0.15, -0.1) is 0 Å². The number of fused-ring (bicyclic) bond motifs is 5. The second-order valence-electron chi connectivity index (χ2n) is 12.2. The van der Waals surface area contributed by atoms with Crippen LogP contribution in [0.2, 0.25) is 0 Å². The van der Waals surface area contributed by atoms with Gasteiger partial charge >= 0.3 is 11.9 Å². The Kier molecular flexibility index (Phi) is 8.01. The summed E-state index contributed by atoms with van der Waals surface area (Å²) in [5, 5.41) is 23.2. The van der Waals surface area contributed by atoms with E-state index < -0.39 is 35.5 Å². The smallest absolute Gasteiger partial charge is 0.306 e. The zero-order chi connectivity index (χ0) is 27.0. The number of carbonyl (C=O) groups is 4. The van der Waals surface area contributed by atoms with Crippen molar-refractivity contribution >= 4 is 23.5 Å². The van der Waals surface area contributed by atoms with Crippen LogP contribution in [0.3, 0.4) is 0 Å². The number of methoxy groups -OCH3 is 1. The number of unbranched alkanes of at least 4 members (excludes halogenated alkanes) is 2. The Morgan fingerprint density at radius 2 is 1.73 bits per heavy atom. The lowest BCUT2D eigenvalue weighted by atomic mass is 9.45. The van der Waals surface area contributed by atoms with E-state index in [0.717, 1.165) is 24.8 Å². The Hall–Kier alpha value is -2.06. The van der Waals surface area contributed by atoms with Crippen LogP contribution in [-0.2, 0) is 28.7 Å². The normalized spacial score (nSPS) is 38.6. The quantitative estimate of drug-likeness (QED) is 0.351. The summed E-state index contributed by atoms with van der Waals surface area (Å²) < 4.78 is 9.84. The van der Waals surface area contributed by atoms with Gasteiger partial charge in [-0.3, -0.25) is 19.2 Å². The van der Waals surface area contributed by atoms with Gasteiger partial charge in [0.1, 0.15) is 5.60 Å². The molecule has 0 aromatic rings. The van der Waals surface area contributed by atoms with Gasteiger partial charge in [0.2, 0.25) is 5.78 Å². The third-order valence-electron chi connectivity index (χ3n) is 10.4. The molecule has 8 heteroatoms. The molecular weight excluding hydrogens is 476 g/mol. The fourth-order valence-electron chi connectivity index (χ4n) is 8.31. The van der Waals surface area contributed by atoms with E-state index in [2.05, 4.69) is 11.7 Å². The zero-order valence-corrected chi connectivity index (χ0v) is 22.4. The SMILES string of the molecule is COC(=O)CCCCCC(=O)OCC(=O)[C@@]1(O)CC[C@H]2[C@@H]3CCC4=CC(=O)CC[C@]4(C)[C@H]3[C@@H](O)C[C@@]21C. The molecule has 0 unspecified atom stereocenters. The van der Waals surface area contributed by atoms with Gasteiger partial charge in [-0.05, 0) is 80.6 Å². The van der Waals surface area contributed by atoms with E-state index in [1.54, 1.807) is 6.08 Å². The van der Waals surface area contributed by atoms with Crippen LogP contribution in [0.15, 0.2) is 11.6 Å². The summed E-state index contributed by atoms with van der Waals surface area (Å²) in [5.74, 6) is -0.851. The van der Waals surface area contributed by atoms with E-state index in [4.69, 9.17) is 4.74 Å². The van der Waals surface area contributed by atoms with Crippen LogP contribution < -0.4 is 0 Å². The molecule has 0 aromatic carbocycles. The van der Waals surface area contributed by atoms with Crippen LogP contribution >= 0.6 is 0 Å². The monoisotopic (exact) mass is 518 g/mol. The number of allylic oxidation sites excluding steroid dienone is 1. The van der Waals surface area contributed by atoms with Crippen molar-refractivity contribution in [1.29, 1.82) is 0 Å². The molecule has 4 aliphatic carbocycles.